The van der Waals surface area contributed by atoms with Crippen LogP contribution in [-0.2, 0) is 13.1 Å². The lowest BCUT2D eigenvalue weighted by Gasteiger charge is -2.22. The van der Waals surface area contributed by atoms with Gasteiger partial charge in [0.2, 0.25) is 0 Å². The number of aliphatic hydroxyl groups excluding tert-OH is 1. The van der Waals surface area contributed by atoms with E-state index >= 15 is 0 Å². The molecule has 0 radical (unpaired) electrons. The van der Waals surface area contributed by atoms with Crippen molar-refractivity contribution in [3.05, 3.63) is 18.0 Å². The van der Waals surface area contributed by atoms with Crippen LogP contribution in [0.5, 0.6) is 0 Å². The zero-order valence-electron chi connectivity index (χ0n) is 9.82. The first-order chi connectivity index (χ1) is 7.07. The summed E-state index contributed by atoms with van der Waals surface area (Å²) in [5.74, 6) is 0. The Morgan fingerprint density at radius 2 is 2.27 bits per heavy atom. The first kappa shape index (κ1) is 12.2. The Kier molecular flexibility index (Phi) is 4.29. The molecule has 1 rings (SSSR count). The summed E-state index contributed by atoms with van der Waals surface area (Å²) in [4.78, 5) is 0. The van der Waals surface area contributed by atoms with Crippen LogP contribution in [0.4, 0.5) is 0 Å². The highest BCUT2D eigenvalue weighted by Gasteiger charge is 2.14. The Bertz CT molecular complexity index is 294. The van der Waals surface area contributed by atoms with Crippen molar-refractivity contribution in [1.82, 2.24) is 15.1 Å². The summed E-state index contributed by atoms with van der Waals surface area (Å²) in [6.07, 6.45) is 5.01. The fraction of sp³-hybridized carbons (Fsp3) is 0.727. The molecule has 0 amide bonds. The molecule has 4 nitrogen and oxygen atoms in total. The van der Waals surface area contributed by atoms with Crippen LogP contribution >= 0.6 is 0 Å². The molecule has 1 heterocycles. The number of nitrogens with one attached hydrogen (secondary N) is 1. The second kappa shape index (κ2) is 5.28. The maximum atomic E-state index is 9.08. The molecule has 0 saturated carbocycles. The van der Waals surface area contributed by atoms with E-state index in [-0.39, 0.29) is 12.1 Å². The highest BCUT2D eigenvalue weighted by atomic mass is 16.3. The molecule has 0 aliphatic carbocycles. The van der Waals surface area contributed by atoms with Crippen LogP contribution in [-0.4, -0.2) is 27.0 Å². The zero-order valence-corrected chi connectivity index (χ0v) is 9.82. The molecule has 0 saturated heterocycles. The first-order valence-electron chi connectivity index (χ1n) is 5.44. The molecule has 0 atom stereocenters. The lowest BCUT2D eigenvalue weighted by molar-refractivity contribution is 0.187. The lowest BCUT2D eigenvalue weighted by Crippen LogP contribution is -2.41. The average molecular weight is 211 g/mol. The largest absolute Gasteiger partial charge is 0.394 e. The van der Waals surface area contributed by atoms with Gasteiger partial charge in [-0.25, -0.2) is 0 Å². The van der Waals surface area contributed by atoms with Crippen LogP contribution in [0.1, 0.15) is 32.8 Å². The Hall–Kier alpha value is -0.870. The Morgan fingerprint density at radius 3 is 2.87 bits per heavy atom. The third-order valence-electron chi connectivity index (χ3n) is 2.31. The number of aryl methyl sites for hydroxylation is 1. The van der Waals surface area contributed by atoms with Gasteiger partial charge >= 0.3 is 0 Å². The molecule has 0 aliphatic heterocycles. The Labute approximate surface area is 91.3 Å². The maximum absolute atomic E-state index is 9.08. The van der Waals surface area contributed by atoms with E-state index in [1.165, 1.54) is 0 Å². The van der Waals surface area contributed by atoms with E-state index in [2.05, 4.69) is 17.3 Å². The topological polar surface area (TPSA) is 50.1 Å². The van der Waals surface area contributed by atoms with Gasteiger partial charge in [0.15, 0.2) is 0 Å². The van der Waals surface area contributed by atoms with Crippen LogP contribution in [0.25, 0.3) is 0 Å². The van der Waals surface area contributed by atoms with E-state index in [1.54, 1.807) is 0 Å². The first-order valence-corrected chi connectivity index (χ1v) is 5.44. The standard InChI is InChI=1S/C11H21N3O/c1-4-5-14-8-10(7-13-14)6-12-11(2,3)9-15/h7-8,12,15H,4-6,9H2,1-3H3. The molecular formula is C11H21N3O. The minimum Gasteiger partial charge on any atom is -0.394 e. The molecule has 0 bridgehead atoms. The molecule has 0 spiro atoms. The van der Waals surface area contributed by atoms with Crippen molar-refractivity contribution in [2.75, 3.05) is 6.61 Å². The molecule has 0 fully saturated rings. The van der Waals surface area contributed by atoms with Gasteiger partial charge in [-0.3, -0.25) is 4.68 Å². The number of hydrogen-bond acceptors (Lipinski definition) is 3. The molecular weight excluding hydrogens is 190 g/mol. The van der Waals surface area contributed by atoms with E-state index < -0.39 is 0 Å². The van der Waals surface area contributed by atoms with Gasteiger partial charge in [-0.2, -0.15) is 5.10 Å². The summed E-state index contributed by atoms with van der Waals surface area (Å²) in [6, 6.07) is 0. The van der Waals surface area contributed by atoms with Gasteiger partial charge in [-0.15, -0.1) is 0 Å². The summed E-state index contributed by atoms with van der Waals surface area (Å²) in [7, 11) is 0. The third-order valence-corrected chi connectivity index (χ3v) is 2.31. The monoisotopic (exact) mass is 211 g/mol. The average Bonchev–Trinajstić information content (AvgIpc) is 2.64. The summed E-state index contributed by atoms with van der Waals surface area (Å²) in [5, 5.41) is 16.6. The van der Waals surface area contributed by atoms with Crippen LogP contribution in [0, 0.1) is 0 Å². The van der Waals surface area contributed by atoms with Crippen LogP contribution in [0.2, 0.25) is 0 Å². The fourth-order valence-electron chi connectivity index (χ4n) is 1.25. The molecule has 0 aliphatic rings. The van der Waals surface area contributed by atoms with Gasteiger partial charge in [0.1, 0.15) is 0 Å². The van der Waals surface area contributed by atoms with E-state index in [1.807, 2.05) is 30.9 Å². The summed E-state index contributed by atoms with van der Waals surface area (Å²) >= 11 is 0. The second-order valence-electron chi connectivity index (χ2n) is 4.51. The number of aliphatic hydroxyl groups is 1. The van der Waals surface area contributed by atoms with Crippen molar-refractivity contribution in [3.63, 3.8) is 0 Å². The summed E-state index contributed by atoms with van der Waals surface area (Å²) in [5.41, 5.74) is 0.928. The Balaban J connectivity index is 2.44. The SMILES string of the molecule is CCCn1cc(CNC(C)(C)CO)cn1. The zero-order chi connectivity index (χ0) is 11.3. The highest BCUT2D eigenvalue weighted by molar-refractivity contribution is 5.04. The van der Waals surface area contributed by atoms with Gasteiger partial charge in [0.25, 0.3) is 0 Å². The molecule has 0 unspecified atom stereocenters. The predicted molar refractivity (Wildman–Crippen MR) is 60.5 cm³/mol. The minimum atomic E-state index is -0.229. The van der Waals surface area contributed by atoms with E-state index in [0.29, 0.717) is 0 Å². The molecule has 86 valence electrons. The number of nitrogens with zero attached hydrogens (tertiary/aromatic N) is 2. The van der Waals surface area contributed by atoms with Crippen LogP contribution < -0.4 is 5.32 Å². The van der Waals surface area contributed by atoms with Crippen LogP contribution in [0.3, 0.4) is 0 Å². The smallest absolute Gasteiger partial charge is 0.0607 e. The predicted octanol–water partition coefficient (Wildman–Crippen LogP) is 1.15. The van der Waals surface area contributed by atoms with Gasteiger partial charge in [0.05, 0.1) is 12.8 Å². The van der Waals surface area contributed by atoms with E-state index in [4.69, 9.17) is 5.11 Å². The normalized spacial score (nSPS) is 12.0. The third kappa shape index (κ3) is 4.01. The molecule has 0 aromatic carbocycles. The molecule has 1 aromatic rings. The number of hydrogen-bond donors (Lipinski definition) is 2. The van der Waals surface area contributed by atoms with Crippen molar-refractivity contribution in [2.24, 2.45) is 0 Å². The number of rotatable bonds is 6. The van der Waals surface area contributed by atoms with Gasteiger partial charge in [-0.1, -0.05) is 6.92 Å². The van der Waals surface area contributed by atoms with E-state index in [9.17, 15) is 0 Å². The van der Waals surface area contributed by atoms with Crippen molar-refractivity contribution in [1.29, 1.82) is 0 Å². The Morgan fingerprint density at radius 1 is 1.53 bits per heavy atom. The quantitative estimate of drug-likeness (QED) is 0.742. The van der Waals surface area contributed by atoms with E-state index in [0.717, 1.165) is 25.1 Å². The molecule has 1 aromatic heterocycles. The molecule has 4 heteroatoms. The number of aromatic nitrogens is 2. The minimum absolute atomic E-state index is 0.135. The second-order valence-corrected chi connectivity index (χ2v) is 4.51. The van der Waals surface area contributed by atoms with Crippen molar-refractivity contribution >= 4 is 0 Å². The van der Waals surface area contributed by atoms with Crippen molar-refractivity contribution in [3.8, 4) is 0 Å². The highest BCUT2D eigenvalue weighted by Crippen LogP contribution is 2.04. The van der Waals surface area contributed by atoms with Gasteiger partial charge < -0.3 is 10.4 Å². The van der Waals surface area contributed by atoms with Gasteiger partial charge in [0, 0.05) is 30.4 Å². The lowest BCUT2D eigenvalue weighted by atomic mass is 10.1. The summed E-state index contributed by atoms with van der Waals surface area (Å²) in [6.45, 7) is 7.93. The van der Waals surface area contributed by atoms with Gasteiger partial charge in [-0.05, 0) is 20.3 Å². The molecule has 15 heavy (non-hydrogen) atoms. The fourth-order valence-corrected chi connectivity index (χ4v) is 1.25. The maximum Gasteiger partial charge on any atom is 0.0607 e. The summed E-state index contributed by atoms with van der Waals surface area (Å²) < 4.78 is 1.95. The van der Waals surface area contributed by atoms with Crippen molar-refractivity contribution < 1.29 is 5.11 Å². The molecule has 2 N–H and O–H groups in total. The van der Waals surface area contributed by atoms with Crippen LogP contribution in [0.15, 0.2) is 12.4 Å². The van der Waals surface area contributed by atoms with Crippen molar-refractivity contribution in [2.45, 2.75) is 45.8 Å².